The molecule has 1 N–H and O–H groups in total. The highest BCUT2D eigenvalue weighted by Gasteiger charge is 2.31. The number of para-hydroxylation sites is 1. The van der Waals surface area contributed by atoms with E-state index in [0.29, 0.717) is 16.6 Å². The van der Waals surface area contributed by atoms with Crippen LogP contribution in [0.25, 0.3) is 0 Å². The maximum absolute atomic E-state index is 11.0. The zero-order valence-electron chi connectivity index (χ0n) is 11.1. The second-order valence-corrected chi connectivity index (χ2v) is 5.59. The van der Waals surface area contributed by atoms with Gasteiger partial charge in [-0.05, 0) is 24.8 Å². The largest absolute Gasteiger partial charge is 0.376 e. The Hall–Kier alpha value is -2.15. The van der Waals surface area contributed by atoms with Crippen molar-refractivity contribution in [2.75, 3.05) is 5.32 Å². The van der Waals surface area contributed by atoms with Crippen molar-refractivity contribution in [2.45, 2.75) is 25.4 Å². The lowest BCUT2D eigenvalue weighted by molar-refractivity contribution is -0.384. The molecule has 8 heteroatoms. The fourth-order valence-electron chi connectivity index (χ4n) is 2.61. The molecule has 3 rings (SSSR count). The Balaban J connectivity index is 1.61. The van der Waals surface area contributed by atoms with Crippen molar-refractivity contribution in [1.82, 2.24) is 14.8 Å². The third-order valence-electron chi connectivity index (χ3n) is 3.68. The van der Waals surface area contributed by atoms with Crippen molar-refractivity contribution >= 4 is 23.0 Å². The molecule has 1 aliphatic rings. The van der Waals surface area contributed by atoms with Gasteiger partial charge >= 0.3 is 0 Å². The molecule has 21 heavy (non-hydrogen) atoms. The summed E-state index contributed by atoms with van der Waals surface area (Å²) in [5, 5.41) is 18.7. The van der Waals surface area contributed by atoms with Gasteiger partial charge in [-0.2, -0.15) is 5.10 Å². The summed E-state index contributed by atoms with van der Waals surface area (Å²) in [6.07, 6.45) is 5.08. The van der Waals surface area contributed by atoms with Gasteiger partial charge < -0.3 is 5.32 Å². The number of hydrogen-bond acceptors (Lipinski definition) is 5. The Morgan fingerprint density at radius 2 is 2.29 bits per heavy atom. The molecule has 110 valence electrons. The minimum absolute atomic E-state index is 0.0160. The number of anilines is 1. The summed E-state index contributed by atoms with van der Waals surface area (Å²) in [5.41, 5.74) is 0.426. The van der Waals surface area contributed by atoms with E-state index in [1.165, 1.54) is 12.4 Å². The lowest BCUT2D eigenvalue weighted by Crippen LogP contribution is -2.37. The summed E-state index contributed by atoms with van der Waals surface area (Å²) in [5.74, 6) is 0.505. The van der Waals surface area contributed by atoms with Crippen molar-refractivity contribution in [2.24, 2.45) is 5.92 Å². The molecule has 2 aromatic rings. The number of nitro benzene ring substituents is 1. The Labute approximate surface area is 126 Å². The van der Waals surface area contributed by atoms with Crippen molar-refractivity contribution < 1.29 is 4.92 Å². The van der Waals surface area contributed by atoms with Crippen molar-refractivity contribution in [3.8, 4) is 0 Å². The number of rotatable bonds is 5. The van der Waals surface area contributed by atoms with Gasteiger partial charge in [0.1, 0.15) is 18.3 Å². The van der Waals surface area contributed by atoms with Gasteiger partial charge in [-0.3, -0.25) is 14.8 Å². The first-order chi connectivity index (χ1) is 10.1. The van der Waals surface area contributed by atoms with Crippen molar-refractivity contribution in [3.05, 3.63) is 46.0 Å². The topological polar surface area (TPSA) is 85.9 Å². The fraction of sp³-hybridized carbons (Fsp3) is 0.385. The standard InChI is InChI=1S/C13H14ClN5O2/c14-11-2-1-3-12(19(20)21)13(11)17-10-4-9(5-10)6-18-8-15-7-16-18/h1-3,7-10,17H,4-6H2. The predicted molar refractivity (Wildman–Crippen MR) is 78.3 cm³/mol. The first kappa shape index (κ1) is 13.8. The van der Waals surface area contributed by atoms with E-state index in [-0.39, 0.29) is 11.7 Å². The smallest absolute Gasteiger partial charge is 0.293 e. The second kappa shape index (κ2) is 5.69. The molecule has 1 aromatic heterocycles. The SMILES string of the molecule is O=[N+]([O-])c1cccc(Cl)c1NC1CC(Cn2cncn2)C1. The predicted octanol–water partition coefficient (Wildman–Crippen LogP) is 2.73. The van der Waals surface area contributed by atoms with Crippen LogP contribution in [0.3, 0.4) is 0 Å². The van der Waals surface area contributed by atoms with Crippen LogP contribution in [0.2, 0.25) is 5.02 Å². The highest BCUT2D eigenvalue weighted by Crippen LogP contribution is 2.37. The third-order valence-corrected chi connectivity index (χ3v) is 4.00. The molecule has 1 aliphatic carbocycles. The highest BCUT2D eigenvalue weighted by molar-refractivity contribution is 6.33. The zero-order valence-corrected chi connectivity index (χ0v) is 11.9. The number of hydrogen-bond donors (Lipinski definition) is 1. The normalized spacial score (nSPS) is 20.8. The number of benzene rings is 1. The van der Waals surface area contributed by atoms with Crippen LogP contribution in [0, 0.1) is 16.0 Å². The van der Waals surface area contributed by atoms with Gasteiger partial charge in [0.05, 0.1) is 9.95 Å². The molecule has 1 saturated carbocycles. The van der Waals surface area contributed by atoms with E-state index in [4.69, 9.17) is 11.6 Å². The average molecular weight is 308 g/mol. The number of aromatic nitrogens is 3. The molecular formula is C13H14ClN5O2. The number of nitro groups is 1. The molecule has 0 aliphatic heterocycles. The molecule has 0 atom stereocenters. The molecule has 1 fully saturated rings. The van der Waals surface area contributed by atoms with E-state index in [1.807, 2.05) is 0 Å². The van der Waals surface area contributed by atoms with Crippen LogP contribution in [0.4, 0.5) is 11.4 Å². The molecule has 1 heterocycles. The van der Waals surface area contributed by atoms with E-state index < -0.39 is 4.92 Å². The Bertz CT molecular complexity index is 640. The van der Waals surface area contributed by atoms with Crippen LogP contribution in [0.5, 0.6) is 0 Å². The summed E-state index contributed by atoms with van der Waals surface area (Å²) in [4.78, 5) is 14.5. The monoisotopic (exact) mass is 307 g/mol. The summed E-state index contributed by atoms with van der Waals surface area (Å²) >= 11 is 6.06. The van der Waals surface area contributed by atoms with E-state index in [0.717, 1.165) is 19.4 Å². The summed E-state index contributed by atoms with van der Waals surface area (Å²) in [6, 6.07) is 4.90. The first-order valence-corrected chi connectivity index (χ1v) is 7.03. The number of nitrogens with one attached hydrogen (secondary N) is 1. The summed E-state index contributed by atoms with van der Waals surface area (Å²) in [7, 11) is 0. The lowest BCUT2D eigenvalue weighted by atomic mass is 9.80. The van der Waals surface area contributed by atoms with Gasteiger partial charge in [0.2, 0.25) is 0 Å². The van der Waals surface area contributed by atoms with Crippen LogP contribution in [0.15, 0.2) is 30.9 Å². The molecule has 0 amide bonds. The lowest BCUT2D eigenvalue weighted by Gasteiger charge is -2.36. The van der Waals surface area contributed by atoms with Crippen LogP contribution in [-0.2, 0) is 6.54 Å². The second-order valence-electron chi connectivity index (χ2n) is 5.19. The highest BCUT2D eigenvalue weighted by atomic mass is 35.5. The minimum atomic E-state index is -0.417. The molecule has 0 bridgehead atoms. The Morgan fingerprint density at radius 1 is 1.48 bits per heavy atom. The van der Waals surface area contributed by atoms with Crippen LogP contribution < -0.4 is 5.32 Å². The molecular weight excluding hydrogens is 294 g/mol. The molecule has 1 aromatic carbocycles. The third kappa shape index (κ3) is 2.97. The van der Waals surface area contributed by atoms with Crippen LogP contribution >= 0.6 is 11.6 Å². The number of nitrogens with zero attached hydrogens (tertiary/aromatic N) is 4. The minimum Gasteiger partial charge on any atom is -0.376 e. The van der Waals surface area contributed by atoms with Gasteiger partial charge in [-0.25, -0.2) is 4.98 Å². The molecule has 0 radical (unpaired) electrons. The maximum atomic E-state index is 11.0. The first-order valence-electron chi connectivity index (χ1n) is 6.65. The van der Waals surface area contributed by atoms with Crippen molar-refractivity contribution in [3.63, 3.8) is 0 Å². The maximum Gasteiger partial charge on any atom is 0.293 e. The molecule has 0 unspecified atom stereocenters. The van der Waals surface area contributed by atoms with Crippen LogP contribution in [0.1, 0.15) is 12.8 Å². The van der Waals surface area contributed by atoms with Gasteiger partial charge in [0, 0.05) is 18.7 Å². The quantitative estimate of drug-likeness (QED) is 0.678. The molecule has 0 spiro atoms. The van der Waals surface area contributed by atoms with Gasteiger partial charge in [-0.15, -0.1) is 0 Å². The average Bonchev–Trinajstić information content (AvgIpc) is 2.90. The van der Waals surface area contributed by atoms with E-state index >= 15 is 0 Å². The molecule has 7 nitrogen and oxygen atoms in total. The Kier molecular flexibility index (Phi) is 3.74. The van der Waals surface area contributed by atoms with Crippen molar-refractivity contribution in [1.29, 1.82) is 0 Å². The van der Waals surface area contributed by atoms with E-state index in [1.54, 1.807) is 23.1 Å². The fourth-order valence-corrected chi connectivity index (χ4v) is 2.83. The summed E-state index contributed by atoms with van der Waals surface area (Å²) < 4.78 is 1.80. The molecule has 0 saturated heterocycles. The van der Waals surface area contributed by atoms with Gasteiger partial charge in [0.25, 0.3) is 5.69 Å². The van der Waals surface area contributed by atoms with Gasteiger partial charge in [0.15, 0.2) is 0 Å². The van der Waals surface area contributed by atoms with Crippen LogP contribution in [-0.4, -0.2) is 25.7 Å². The number of halogens is 1. The zero-order chi connectivity index (χ0) is 14.8. The Morgan fingerprint density at radius 3 is 2.95 bits per heavy atom. The van der Waals surface area contributed by atoms with Gasteiger partial charge in [-0.1, -0.05) is 17.7 Å². The van der Waals surface area contributed by atoms with E-state index in [2.05, 4.69) is 15.4 Å². The summed E-state index contributed by atoms with van der Waals surface area (Å²) in [6.45, 7) is 0.822. The van der Waals surface area contributed by atoms with E-state index in [9.17, 15) is 10.1 Å².